The number of hydrogen-bond acceptors (Lipinski definition) is 3. The molecule has 0 fully saturated rings. The van der Waals surface area contributed by atoms with Crippen LogP contribution in [0.25, 0.3) is 0 Å². The van der Waals surface area contributed by atoms with Crippen LogP contribution in [-0.2, 0) is 0 Å². The minimum atomic E-state index is 1.05. The van der Waals surface area contributed by atoms with Gasteiger partial charge in [-0.2, -0.15) is 5.10 Å². The van der Waals surface area contributed by atoms with Crippen LogP contribution in [0.1, 0.15) is 0 Å². The molecule has 0 atom stereocenters. The van der Waals surface area contributed by atoms with Gasteiger partial charge in [-0.15, -0.1) is 0 Å². The third kappa shape index (κ3) is 2.99. The van der Waals surface area contributed by atoms with Gasteiger partial charge in [0.05, 0.1) is 5.69 Å². The second-order valence-electron chi connectivity index (χ2n) is 2.51. The summed E-state index contributed by atoms with van der Waals surface area (Å²) < 4.78 is 0. The average molecular weight is 175 g/mol. The number of allylic oxidation sites excluding steroid dienone is 1. The lowest BCUT2D eigenvalue weighted by Crippen LogP contribution is -2.07. The number of para-hydroxylation sites is 1. The first-order chi connectivity index (χ1) is 6.34. The predicted octanol–water partition coefficient (Wildman–Crippen LogP) is 1.58. The Balaban J connectivity index is 2.63. The normalized spacial score (nSPS) is 11.2. The second kappa shape index (κ2) is 4.98. The zero-order valence-electron chi connectivity index (χ0n) is 7.59. The molecule has 0 amide bonds. The molecular weight excluding hydrogens is 162 g/mol. The van der Waals surface area contributed by atoms with Crippen molar-refractivity contribution in [2.75, 3.05) is 12.1 Å². The van der Waals surface area contributed by atoms with Crippen LogP contribution in [0.5, 0.6) is 0 Å². The lowest BCUT2D eigenvalue weighted by Gasteiger charge is -2.11. The molecule has 0 radical (unpaired) electrons. The highest BCUT2D eigenvalue weighted by atomic mass is 15.4. The maximum Gasteiger partial charge on any atom is 0.0590 e. The van der Waals surface area contributed by atoms with Gasteiger partial charge in [-0.3, -0.25) is 5.01 Å². The van der Waals surface area contributed by atoms with Crippen LogP contribution >= 0.6 is 0 Å². The van der Waals surface area contributed by atoms with E-state index < -0.39 is 0 Å². The fourth-order valence-corrected chi connectivity index (χ4v) is 0.899. The van der Waals surface area contributed by atoms with Gasteiger partial charge in [-0.05, 0) is 24.4 Å². The van der Waals surface area contributed by atoms with E-state index in [1.165, 1.54) is 6.20 Å². The molecule has 1 aromatic rings. The number of hydrazone groups is 1. The van der Waals surface area contributed by atoms with Crippen LogP contribution in [0.15, 0.2) is 47.7 Å². The smallest absolute Gasteiger partial charge is 0.0590 e. The van der Waals surface area contributed by atoms with Crippen molar-refractivity contribution < 1.29 is 0 Å². The molecular formula is C10H13N3. The Hall–Kier alpha value is -1.77. The summed E-state index contributed by atoms with van der Waals surface area (Å²) in [6.45, 7) is 0. The van der Waals surface area contributed by atoms with Gasteiger partial charge in [0.2, 0.25) is 0 Å². The number of anilines is 1. The molecule has 0 heterocycles. The van der Waals surface area contributed by atoms with Crippen LogP contribution in [0, 0.1) is 0 Å². The van der Waals surface area contributed by atoms with Crippen LogP contribution < -0.4 is 10.7 Å². The Morgan fingerprint density at radius 3 is 2.62 bits per heavy atom. The summed E-state index contributed by atoms with van der Waals surface area (Å²) in [5.74, 6) is 0. The molecule has 0 aliphatic carbocycles. The molecule has 0 aliphatic heterocycles. The van der Waals surface area contributed by atoms with Crippen molar-refractivity contribution in [2.24, 2.45) is 10.8 Å². The first kappa shape index (κ1) is 9.32. The van der Waals surface area contributed by atoms with Gasteiger partial charge in [0.25, 0.3) is 0 Å². The van der Waals surface area contributed by atoms with E-state index in [1.54, 1.807) is 17.3 Å². The minimum absolute atomic E-state index is 1.05. The van der Waals surface area contributed by atoms with Gasteiger partial charge in [0.1, 0.15) is 0 Å². The van der Waals surface area contributed by atoms with E-state index >= 15 is 0 Å². The Labute approximate surface area is 78.2 Å². The zero-order chi connectivity index (χ0) is 9.52. The summed E-state index contributed by atoms with van der Waals surface area (Å²) in [5.41, 5.74) is 6.21. The molecule has 2 N–H and O–H groups in total. The van der Waals surface area contributed by atoms with Crippen molar-refractivity contribution in [1.82, 2.24) is 0 Å². The number of benzene rings is 1. The minimum Gasteiger partial charge on any atom is -0.405 e. The first-order valence-electron chi connectivity index (χ1n) is 4.04. The summed E-state index contributed by atoms with van der Waals surface area (Å²) in [5, 5.41) is 5.90. The third-order valence-corrected chi connectivity index (χ3v) is 1.57. The monoisotopic (exact) mass is 175 g/mol. The van der Waals surface area contributed by atoms with Crippen molar-refractivity contribution in [3.8, 4) is 0 Å². The van der Waals surface area contributed by atoms with Crippen LogP contribution in [0.3, 0.4) is 0 Å². The van der Waals surface area contributed by atoms with Crippen molar-refractivity contribution in [1.29, 1.82) is 0 Å². The summed E-state index contributed by atoms with van der Waals surface area (Å²) in [7, 11) is 1.89. The van der Waals surface area contributed by atoms with Crippen LogP contribution in [0.2, 0.25) is 0 Å². The molecule has 0 saturated heterocycles. The Morgan fingerprint density at radius 2 is 2.00 bits per heavy atom. The molecule has 0 aliphatic rings. The van der Waals surface area contributed by atoms with Crippen molar-refractivity contribution in [3.63, 3.8) is 0 Å². The van der Waals surface area contributed by atoms with Crippen LogP contribution in [-0.4, -0.2) is 13.3 Å². The second-order valence-corrected chi connectivity index (χ2v) is 2.51. The molecule has 3 nitrogen and oxygen atoms in total. The van der Waals surface area contributed by atoms with E-state index in [0.717, 1.165) is 5.69 Å². The largest absolute Gasteiger partial charge is 0.405 e. The third-order valence-electron chi connectivity index (χ3n) is 1.57. The molecule has 0 bridgehead atoms. The highest BCUT2D eigenvalue weighted by Crippen LogP contribution is 2.10. The number of hydrogen-bond donors (Lipinski definition) is 1. The summed E-state index contributed by atoms with van der Waals surface area (Å²) in [4.78, 5) is 0. The Bertz CT molecular complexity index is 290. The molecule has 1 rings (SSSR count). The van der Waals surface area contributed by atoms with Gasteiger partial charge < -0.3 is 5.73 Å². The quantitative estimate of drug-likeness (QED) is 0.559. The SMILES string of the molecule is CN(/N=C/C=C\N)c1ccccc1. The lowest BCUT2D eigenvalue weighted by atomic mass is 10.3. The molecule has 3 heteroatoms. The highest BCUT2D eigenvalue weighted by Gasteiger charge is 1.92. The van der Waals surface area contributed by atoms with Gasteiger partial charge >= 0.3 is 0 Å². The molecule has 68 valence electrons. The van der Waals surface area contributed by atoms with Gasteiger partial charge in [-0.25, -0.2) is 0 Å². The van der Waals surface area contributed by atoms with Gasteiger partial charge in [0, 0.05) is 13.3 Å². The maximum absolute atomic E-state index is 5.16. The van der Waals surface area contributed by atoms with Crippen molar-refractivity contribution >= 4 is 11.9 Å². The molecule has 0 unspecified atom stereocenters. The van der Waals surface area contributed by atoms with E-state index in [4.69, 9.17) is 5.73 Å². The fraction of sp³-hybridized carbons (Fsp3) is 0.100. The summed E-state index contributed by atoms with van der Waals surface area (Å²) in [6.07, 6.45) is 4.77. The fourth-order valence-electron chi connectivity index (χ4n) is 0.899. The van der Waals surface area contributed by atoms with E-state index in [0.29, 0.717) is 0 Å². The standard InChI is InChI=1S/C10H13N3/c1-13(12-9-5-8-11)10-6-3-2-4-7-10/h2-9H,11H2,1H3/b8-5-,12-9+. The van der Waals surface area contributed by atoms with Crippen LogP contribution in [0.4, 0.5) is 5.69 Å². The molecule has 0 spiro atoms. The van der Waals surface area contributed by atoms with E-state index in [1.807, 2.05) is 37.4 Å². The molecule has 1 aromatic carbocycles. The topological polar surface area (TPSA) is 41.6 Å². The Kier molecular flexibility index (Phi) is 3.57. The zero-order valence-corrected chi connectivity index (χ0v) is 7.59. The first-order valence-corrected chi connectivity index (χ1v) is 4.04. The number of rotatable bonds is 3. The molecule has 13 heavy (non-hydrogen) atoms. The molecule has 0 saturated carbocycles. The van der Waals surface area contributed by atoms with E-state index in [9.17, 15) is 0 Å². The number of nitrogens with zero attached hydrogens (tertiary/aromatic N) is 2. The molecule has 0 aromatic heterocycles. The average Bonchev–Trinajstić information content (AvgIpc) is 2.19. The van der Waals surface area contributed by atoms with Gasteiger partial charge in [0.15, 0.2) is 0 Å². The van der Waals surface area contributed by atoms with E-state index in [-0.39, 0.29) is 0 Å². The van der Waals surface area contributed by atoms with Crippen molar-refractivity contribution in [2.45, 2.75) is 0 Å². The highest BCUT2D eigenvalue weighted by molar-refractivity contribution is 5.72. The lowest BCUT2D eigenvalue weighted by molar-refractivity contribution is 1.03. The van der Waals surface area contributed by atoms with Crippen molar-refractivity contribution in [3.05, 3.63) is 42.6 Å². The Morgan fingerprint density at radius 1 is 1.31 bits per heavy atom. The van der Waals surface area contributed by atoms with Gasteiger partial charge in [-0.1, -0.05) is 18.2 Å². The maximum atomic E-state index is 5.16. The predicted molar refractivity (Wildman–Crippen MR) is 56.7 cm³/mol. The van der Waals surface area contributed by atoms with E-state index in [2.05, 4.69) is 5.10 Å². The summed E-state index contributed by atoms with van der Waals surface area (Å²) in [6, 6.07) is 9.90. The summed E-state index contributed by atoms with van der Waals surface area (Å²) >= 11 is 0. The number of nitrogens with two attached hydrogens (primary N) is 1.